The van der Waals surface area contributed by atoms with Gasteiger partial charge in [0.05, 0.1) is 49.7 Å². The maximum atomic E-state index is 15.0. The van der Waals surface area contributed by atoms with Crippen LogP contribution in [0.15, 0.2) is 108 Å². The summed E-state index contributed by atoms with van der Waals surface area (Å²) in [5, 5.41) is 32.1. The molecule has 2 aliphatic heterocycles. The number of amides is 6. The summed E-state index contributed by atoms with van der Waals surface area (Å²) in [5.41, 5.74) is 4.62. The van der Waals surface area contributed by atoms with Gasteiger partial charge in [0.15, 0.2) is 0 Å². The molecule has 0 bridgehead atoms. The lowest BCUT2D eigenvalue weighted by Crippen LogP contribution is -2.58. The monoisotopic (exact) mass is 1130 g/mol. The predicted molar refractivity (Wildman–Crippen MR) is 304 cm³/mol. The van der Waals surface area contributed by atoms with Crippen LogP contribution in [0, 0.1) is 5.92 Å². The number of likely N-dealkylation sites (N-methyl/N-ethyl adjacent to an activating group) is 2. The maximum absolute atomic E-state index is 15.0. The first kappa shape index (κ1) is 56.0. The molecule has 0 radical (unpaired) electrons. The number of aliphatic hydroxyl groups excluding tert-OH is 1. The van der Waals surface area contributed by atoms with E-state index in [-0.39, 0.29) is 61.3 Å². The van der Waals surface area contributed by atoms with Crippen molar-refractivity contribution in [1.29, 1.82) is 0 Å². The molecular formula is C60H72BrN9O8. The lowest BCUT2D eigenvalue weighted by atomic mass is 9.83. The average Bonchev–Trinajstić information content (AvgIpc) is 4.01. The van der Waals surface area contributed by atoms with Gasteiger partial charge in [-0.3, -0.25) is 34.1 Å². The number of para-hydroxylation sites is 2. The molecule has 17 nitrogen and oxygen atoms in total. The van der Waals surface area contributed by atoms with Crippen LogP contribution in [0.5, 0.6) is 5.75 Å². The first-order chi connectivity index (χ1) is 37.7. The van der Waals surface area contributed by atoms with E-state index in [1.54, 1.807) is 93.4 Å². The van der Waals surface area contributed by atoms with Crippen molar-refractivity contribution >= 4 is 73.5 Å². The number of halogens is 1. The molecule has 8 atom stereocenters. The van der Waals surface area contributed by atoms with Crippen molar-refractivity contribution in [3.8, 4) is 5.75 Å². The molecule has 4 aliphatic rings. The number of aryl methyl sites for hydroxylation is 1. The second kappa shape index (κ2) is 25.0. The van der Waals surface area contributed by atoms with Crippen molar-refractivity contribution in [3.63, 3.8) is 0 Å². The molecule has 1 saturated heterocycles. The standard InChI is InChI=1S/C60H72BrN9O8/c1-35(62-3)54(71)66-48-34-70(50-21-12-11-20-49(50)69(59(48)76)33-46-44-28-27-42(61)30-41(44)26-29-52(46)78-5)58(75)40-24-22-39(23-25-40)56(73)64-43-31-51(57(74)65-47-19-13-17-37-14-9-10-18-45(37)47)68(32-43)60(77)53(38-15-7-6-8-16-38)67-55(72)36(2)63-4/h9-12,14,18,20-30,35-36,38,43,47-48,51,53,56,62-64,73H,6-8,13,15-17,19,31-34H2,1-5H3,(H,65,74)(H,66,71)(H,67,72)/t35-,36-,43-,47-,48-,51-,53-,56?/m0/s1. The molecule has 2 aliphatic carbocycles. The molecule has 1 unspecified atom stereocenters. The highest BCUT2D eigenvalue weighted by Crippen LogP contribution is 2.39. The van der Waals surface area contributed by atoms with Gasteiger partial charge in [-0.15, -0.1) is 0 Å². The molecule has 0 aromatic heterocycles. The number of likely N-dealkylation sites (tertiary alicyclic amines) is 1. The Morgan fingerprint density at radius 3 is 2.21 bits per heavy atom. The summed E-state index contributed by atoms with van der Waals surface area (Å²) in [6.07, 6.45) is 6.04. The minimum atomic E-state index is -1.26. The van der Waals surface area contributed by atoms with Crippen molar-refractivity contribution in [1.82, 2.24) is 36.8 Å². The molecule has 2 fully saturated rings. The van der Waals surface area contributed by atoms with Crippen molar-refractivity contribution in [2.75, 3.05) is 44.1 Å². The minimum absolute atomic E-state index is 0.0640. The van der Waals surface area contributed by atoms with Crippen LogP contribution < -0.4 is 46.4 Å². The molecule has 6 amide bonds. The summed E-state index contributed by atoms with van der Waals surface area (Å²) in [5.74, 6) is -1.69. The first-order valence-electron chi connectivity index (χ1n) is 27.3. The van der Waals surface area contributed by atoms with Gasteiger partial charge in [0, 0.05) is 28.2 Å². The third-order valence-electron chi connectivity index (χ3n) is 16.3. The highest BCUT2D eigenvalue weighted by atomic mass is 79.9. The van der Waals surface area contributed by atoms with Gasteiger partial charge in [0.25, 0.3) is 11.8 Å². The largest absolute Gasteiger partial charge is 0.496 e. The minimum Gasteiger partial charge on any atom is -0.496 e. The van der Waals surface area contributed by atoms with Gasteiger partial charge in [0.2, 0.25) is 23.6 Å². The second-order valence-electron chi connectivity index (χ2n) is 21.2. The predicted octanol–water partition coefficient (Wildman–Crippen LogP) is 6.31. The fourth-order valence-electron chi connectivity index (χ4n) is 11.7. The van der Waals surface area contributed by atoms with Crippen LogP contribution in [-0.4, -0.2) is 116 Å². The smallest absolute Gasteiger partial charge is 0.258 e. The van der Waals surface area contributed by atoms with Gasteiger partial charge in [-0.25, -0.2) is 0 Å². The summed E-state index contributed by atoms with van der Waals surface area (Å²) in [6.45, 7) is 3.42. The average molecular weight is 1130 g/mol. The van der Waals surface area contributed by atoms with E-state index >= 15 is 0 Å². The number of anilines is 2. The number of carbonyl (C=O) groups excluding carboxylic acids is 6. The summed E-state index contributed by atoms with van der Waals surface area (Å²) >= 11 is 3.57. The van der Waals surface area contributed by atoms with Crippen LogP contribution in [0.2, 0.25) is 0 Å². The van der Waals surface area contributed by atoms with Crippen LogP contribution in [0.4, 0.5) is 11.4 Å². The van der Waals surface area contributed by atoms with Crippen molar-refractivity contribution in [2.24, 2.45) is 5.92 Å². The highest BCUT2D eigenvalue weighted by Gasteiger charge is 2.46. The Balaban J connectivity index is 0.972. The van der Waals surface area contributed by atoms with Crippen molar-refractivity contribution in [2.45, 2.75) is 127 Å². The van der Waals surface area contributed by atoms with E-state index in [0.29, 0.717) is 22.7 Å². The number of hydrogen-bond acceptors (Lipinski definition) is 11. The number of benzene rings is 5. The third-order valence-corrected chi connectivity index (χ3v) is 16.8. The number of hydrogen-bond donors (Lipinski definition) is 7. The van der Waals surface area contributed by atoms with Crippen LogP contribution >= 0.6 is 15.9 Å². The Morgan fingerprint density at radius 1 is 0.769 bits per heavy atom. The van der Waals surface area contributed by atoms with E-state index in [9.17, 15) is 33.9 Å². The zero-order valence-electron chi connectivity index (χ0n) is 45.0. The zero-order valence-corrected chi connectivity index (χ0v) is 46.6. The number of fused-ring (bicyclic) bond motifs is 3. The van der Waals surface area contributed by atoms with Gasteiger partial charge in [-0.1, -0.05) is 95.9 Å². The Labute approximate surface area is 464 Å². The molecule has 2 heterocycles. The Bertz CT molecular complexity index is 3020. The molecule has 0 spiro atoms. The maximum Gasteiger partial charge on any atom is 0.258 e. The van der Waals surface area contributed by atoms with Gasteiger partial charge in [0.1, 0.15) is 30.1 Å². The van der Waals surface area contributed by atoms with E-state index in [1.165, 1.54) is 10.5 Å². The lowest BCUT2D eigenvalue weighted by molar-refractivity contribution is -0.143. The van der Waals surface area contributed by atoms with E-state index in [2.05, 4.69) is 53.9 Å². The number of nitrogens with zero attached hydrogens (tertiary/aromatic N) is 3. The Hall–Kier alpha value is -6.70. The number of aliphatic hydroxyl groups is 1. The molecule has 78 heavy (non-hydrogen) atoms. The zero-order chi connectivity index (χ0) is 55.2. The fourth-order valence-corrected chi connectivity index (χ4v) is 12.1. The quantitative estimate of drug-likeness (QED) is 0.0513. The fraction of sp³-hybridized carbons (Fsp3) is 0.433. The number of rotatable bonds is 17. The Kier molecular flexibility index (Phi) is 17.9. The van der Waals surface area contributed by atoms with Gasteiger partial charge in [-0.2, -0.15) is 0 Å². The summed E-state index contributed by atoms with van der Waals surface area (Å²) in [6, 6.07) is 26.7. The number of ether oxygens (including phenoxy) is 1. The summed E-state index contributed by atoms with van der Waals surface area (Å²) < 4.78 is 6.74. The second-order valence-corrected chi connectivity index (χ2v) is 22.1. The van der Waals surface area contributed by atoms with Crippen LogP contribution in [0.1, 0.15) is 110 Å². The molecule has 18 heteroatoms. The van der Waals surface area contributed by atoms with Crippen LogP contribution in [-0.2, 0) is 36.9 Å². The number of carbonyl (C=O) groups is 6. The molecule has 412 valence electrons. The summed E-state index contributed by atoms with van der Waals surface area (Å²) in [7, 11) is 4.92. The van der Waals surface area contributed by atoms with E-state index in [1.807, 2.05) is 48.5 Å². The van der Waals surface area contributed by atoms with Crippen LogP contribution in [0.25, 0.3) is 10.8 Å². The van der Waals surface area contributed by atoms with E-state index in [4.69, 9.17) is 4.74 Å². The molecule has 5 aromatic carbocycles. The Morgan fingerprint density at radius 2 is 1.47 bits per heavy atom. The van der Waals surface area contributed by atoms with Crippen LogP contribution in [0.3, 0.4) is 0 Å². The van der Waals surface area contributed by atoms with E-state index in [0.717, 1.165) is 77.7 Å². The highest BCUT2D eigenvalue weighted by molar-refractivity contribution is 9.10. The molecular weight excluding hydrogens is 1050 g/mol. The van der Waals surface area contributed by atoms with Gasteiger partial charge < -0.3 is 51.1 Å². The summed E-state index contributed by atoms with van der Waals surface area (Å²) in [4.78, 5) is 91.1. The van der Waals surface area contributed by atoms with Crippen molar-refractivity contribution < 1.29 is 38.6 Å². The normalized spacial score (nSPS) is 21.1. The van der Waals surface area contributed by atoms with Gasteiger partial charge in [-0.05, 0) is 142 Å². The SMILES string of the molecule is CN[C@@H](C)C(=O)N[C@H]1CN(C(=O)c2ccc(C(O)N[C@H]3C[C@@H](C(=O)N[C@H]4CCCc5ccccc54)N(C(=O)[C@@H](NC(=O)[C@H](C)NC)C4CCCCC4)C3)cc2)c2ccccc2N(Cc2c(OC)ccc3cc(Br)ccc23)C1=O. The number of methoxy groups -OCH3 is 1. The third kappa shape index (κ3) is 12.1. The topological polar surface area (TPSA) is 214 Å². The van der Waals surface area contributed by atoms with Gasteiger partial charge >= 0.3 is 0 Å². The first-order valence-corrected chi connectivity index (χ1v) is 28.1. The molecule has 1 saturated carbocycles. The number of nitrogens with one attached hydrogen (secondary N) is 6. The lowest BCUT2D eigenvalue weighted by Gasteiger charge is -2.35. The molecule has 9 rings (SSSR count). The van der Waals surface area contributed by atoms with Crippen molar-refractivity contribution in [3.05, 3.63) is 135 Å². The van der Waals surface area contributed by atoms with E-state index < -0.39 is 60.2 Å². The molecule has 5 aromatic rings. The molecule has 7 N–H and O–H groups in total.